The lowest BCUT2D eigenvalue weighted by Gasteiger charge is -2.32. The van der Waals surface area contributed by atoms with E-state index in [0.29, 0.717) is 12.0 Å². The van der Waals surface area contributed by atoms with Gasteiger partial charge in [0.05, 0.1) is 6.20 Å². The Balaban J connectivity index is 2.10. The Labute approximate surface area is 103 Å². The fraction of sp³-hybridized carbons (Fsp3) is 0.643. The summed E-state index contributed by atoms with van der Waals surface area (Å²) in [6.45, 7) is 3.22. The summed E-state index contributed by atoms with van der Waals surface area (Å²) < 4.78 is 13.2. The molecule has 1 aromatic heterocycles. The Kier molecular flexibility index (Phi) is 4.49. The van der Waals surface area contributed by atoms with E-state index in [2.05, 4.69) is 17.2 Å². The largest absolute Gasteiger partial charge is 0.313 e. The van der Waals surface area contributed by atoms with Crippen LogP contribution in [0.15, 0.2) is 18.5 Å². The SMILES string of the molecule is CCCNC1CCCCC1c1cncc(F)c1. The van der Waals surface area contributed by atoms with Crippen LogP contribution in [0.1, 0.15) is 50.5 Å². The summed E-state index contributed by atoms with van der Waals surface area (Å²) in [6.07, 6.45) is 9.10. The van der Waals surface area contributed by atoms with Crippen LogP contribution < -0.4 is 5.32 Å². The molecule has 1 fully saturated rings. The van der Waals surface area contributed by atoms with Gasteiger partial charge >= 0.3 is 0 Å². The molecule has 0 aliphatic heterocycles. The topological polar surface area (TPSA) is 24.9 Å². The Bertz CT molecular complexity index is 354. The van der Waals surface area contributed by atoms with Crippen molar-refractivity contribution >= 4 is 0 Å². The molecule has 94 valence electrons. The van der Waals surface area contributed by atoms with Crippen LogP contribution in [0.2, 0.25) is 0 Å². The van der Waals surface area contributed by atoms with E-state index in [4.69, 9.17) is 0 Å². The average Bonchev–Trinajstić information content (AvgIpc) is 2.37. The van der Waals surface area contributed by atoms with Crippen LogP contribution in [0.5, 0.6) is 0 Å². The first kappa shape index (κ1) is 12.5. The van der Waals surface area contributed by atoms with Gasteiger partial charge in [0.15, 0.2) is 0 Å². The summed E-state index contributed by atoms with van der Waals surface area (Å²) in [5.41, 5.74) is 1.05. The first-order chi connectivity index (χ1) is 8.31. The predicted octanol–water partition coefficient (Wildman–Crippen LogP) is 3.25. The standard InChI is InChI=1S/C14H21FN2/c1-2-7-17-14-6-4-3-5-13(14)11-8-12(15)10-16-9-11/h8-10,13-14,17H,2-7H2,1H3. The fourth-order valence-corrected chi connectivity index (χ4v) is 2.73. The molecule has 17 heavy (non-hydrogen) atoms. The van der Waals surface area contributed by atoms with Gasteiger partial charge < -0.3 is 5.32 Å². The molecule has 0 radical (unpaired) electrons. The Hall–Kier alpha value is -0.960. The highest BCUT2D eigenvalue weighted by atomic mass is 19.1. The lowest BCUT2D eigenvalue weighted by atomic mass is 9.80. The number of hydrogen-bond donors (Lipinski definition) is 1. The molecule has 1 aromatic rings. The zero-order valence-electron chi connectivity index (χ0n) is 10.5. The summed E-state index contributed by atoms with van der Waals surface area (Å²) in [7, 11) is 0. The second-order valence-corrected chi connectivity index (χ2v) is 4.89. The van der Waals surface area contributed by atoms with E-state index in [1.165, 1.54) is 25.5 Å². The van der Waals surface area contributed by atoms with Crippen LogP contribution in [0.25, 0.3) is 0 Å². The monoisotopic (exact) mass is 236 g/mol. The van der Waals surface area contributed by atoms with Crippen molar-refractivity contribution in [1.82, 2.24) is 10.3 Å². The third kappa shape index (κ3) is 3.25. The molecular formula is C14H21FN2. The minimum Gasteiger partial charge on any atom is -0.313 e. The third-order valence-corrected chi connectivity index (χ3v) is 3.58. The molecule has 1 aliphatic carbocycles. The molecule has 0 bridgehead atoms. The number of nitrogens with zero attached hydrogens (tertiary/aromatic N) is 1. The average molecular weight is 236 g/mol. The quantitative estimate of drug-likeness (QED) is 0.868. The molecule has 0 aromatic carbocycles. The zero-order valence-corrected chi connectivity index (χ0v) is 10.5. The van der Waals surface area contributed by atoms with E-state index in [9.17, 15) is 4.39 Å². The maximum atomic E-state index is 13.2. The maximum Gasteiger partial charge on any atom is 0.141 e. The van der Waals surface area contributed by atoms with Crippen LogP contribution in [-0.4, -0.2) is 17.6 Å². The highest BCUT2D eigenvalue weighted by molar-refractivity contribution is 5.18. The molecule has 1 N–H and O–H groups in total. The summed E-state index contributed by atoms with van der Waals surface area (Å²) in [6, 6.07) is 2.14. The van der Waals surface area contributed by atoms with Crippen LogP contribution in [0.3, 0.4) is 0 Å². The van der Waals surface area contributed by atoms with E-state index in [0.717, 1.165) is 24.9 Å². The maximum absolute atomic E-state index is 13.2. The van der Waals surface area contributed by atoms with E-state index in [1.807, 2.05) is 6.20 Å². The zero-order chi connectivity index (χ0) is 12.1. The van der Waals surface area contributed by atoms with Crippen molar-refractivity contribution in [2.24, 2.45) is 0 Å². The molecule has 0 amide bonds. The molecule has 2 unspecified atom stereocenters. The first-order valence-corrected chi connectivity index (χ1v) is 6.65. The van der Waals surface area contributed by atoms with Gasteiger partial charge in [-0.3, -0.25) is 4.98 Å². The van der Waals surface area contributed by atoms with Crippen molar-refractivity contribution in [3.8, 4) is 0 Å². The van der Waals surface area contributed by atoms with Crippen molar-refractivity contribution in [2.45, 2.75) is 51.0 Å². The van der Waals surface area contributed by atoms with E-state index < -0.39 is 0 Å². The second kappa shape index (κ2) is 6.10. The molecular weight excluding hydrogens is 215 g/mol. The Morgan fingerprint density at radius 3 is 2.94 bits per heavy atom. The number of pyridine rings is 1. The van der Waals surface area contributed by atoms with Gasteiger partial charge in [0.2, 0.25) is 0 Å². The molecule has 3 heteroatoms. The van der Waals surface area contributed by atoms with Gasteiger partial charge in [-0.15, -0.1) is 0 Å². The third-order valence-electron chi connectivity index (χ3n) is 3.58. The molecule has 1 heterocycles. The minimum absolute atomic E-state index is 0.220. The highest BCUT2D eigenvalue weighted by Gasteiger charge is 2.26. The van der Waals surface area contributed by atoms with Gasteiger partial charge in [-0.05, 0) is 37.4 Å². The molecule has 2 rings (SSSR count). The predicted molar refractivity (Wildman–Crippen MR) is 67.5 cm³/mol. The number of nitrogens with one attached hydrogen (secondary N) is 1. The number of halogens is 1. The van der Waals surface area contributed by atoms with Crippen molar-refractivity contribution < 1.29 is 4.39 Å². The summed E-state index contributed by atoms with van der Waals surface area (Å²) in [5.74, 6) is 0.209. The minimum atomic E-state index is -0.220. The first-order valence-electron chi connectivity index (χ1n) is 6.65. The molecule has 0 saturated heterocycles. The number of aromatic nitrogens is 1. The highest BCUT2D eigenvalue weighted by Crippen LogP contribution is 2.32. The van der Waals surface area contributed by atoms with Gasteiger partial charge in [-0.1, -0.05) is 19.8 Å². The number of hydrogen-bond acceptors (Lipinski definition) is 2. The number of rotatable bonds is 4. The summed E-state index contributed by atoms with van der Waals surface area (Å²) in [4.78, 5) is 3.97. The van der Waals surface area contributed by atoms with Crippen molar-refractivity contribution in [3.05, 3.63) is 29.8 Å². The van der Waals surface area contributed by atoms with Crippen LogP contribution in [0, 0.1) is 5.82 Å². The van der Waals surface area contributed by atoms with Crippen LogP contribution in [0.4, 0.5) is 4.39 Å². The van der Waals surface area contributed by atoms with Gasteiger partial charge in [0, 0.05) is 18.2 Å². The van der Waals surface area contributed by atoms with Crippen LogP contribution in [-0.2, 0) is 0 Å². The second-order valence-electron chi connectivity index (χ2n) is 4.89. The van der Waals surface area contributed by atoms with Crippen molar-refractivity contribution in [3.63, 3.8) is 0 Å². The Morgan fingerprint density at radius 2 is 2.18 bits per heavy atom. The van der Waals surface area contributed by atoms with Gasteiger partial charge in [-0.25, -0.2) is 4.39 Å². The van der Waals surface area contributed by atoms with Crippen molar-refractivity contribution in [2.75, 3.05) is 6.54 Å². The van der Waals surface area contributed by atoms with Gasteiger partial charge in [0.1, 0.15) is 5.82 Å². The fourth-order valence-electron chi connectivity index (χ4n) is 2.73. The molecule has 2 atom stereocenters. The van der Waals surface area contributed by atoms with Gasteiger partial charge in [-0.2, -0.15) is 0 Å². The lowest BCUT2D eigenvalue weighted by Crippen LogP contribution is -2.37. The molecule has 2 nitrogen and oxygen atoms in total. The van der Waals surface area contributed by atoms with E-state index in [-0.39, 0.29) is 5.82 Å². The van der Waals surface area contributed by atoms with E-state index >= 15 is 0 Å². The van der Waals surface area contributed by atoms with E-state index in [1.54, 1.807) is 6.07 Å². The molecule has 1 aliphatic rings. The van der Waals surface area contributed by atoms with Crippen molar-refractivity contribution in [1.29, 1.82) is 0 Å². The Morgan fingerprint density at radius 1 is 1.35 bits per heavy atom. The van der Waals surface area contributed by atoms with Crippen LogP contribution >= 0.6 is 0 Å². The molecule has 0 spiro atoms. The molecule has 1 saturated carbocycles. The smallest absolute Gasteiger partial charge is 0.141 e. The normalized spacial score (nSPS) is 24.8. The lowest BCUT2D eigenvalue weighted by molar-refractivity contribution is 0.327. The summed E-state index contributed by atoms with van der Waals surface area (Å²) >= 11 is 0. The van der Waals surface area contributed by atoms with Gasteiger partial charge in [0.25, 0.3) is 0 Å². The summed E-state index contributed by atoms with van der Waals surface area (Å²) in [5, 5.41) is 3.59.